The lowest BCUT2D eigenvalue weighted by Crippen LogP contribution is -2.24. The summed E-state index contributed by atoms with van der Waals surface area (Å²) in [6.45, 7) is 1.85. The molecule has 0 spiro atoms. The first-order valence-electron chi connectivity index (χ1n) is 6.24. The summed E-state index contributed by atoms with van der Waals surface area (Å²) >= 11 is 1.64. The van der Waals surface area contributed by atoms with Crippen molar-refractivity contribution in [2.45, 2.75) is 18.9 Å². The van der Waals surface area contributed by atoms with Gasteiger partial charge in [-0.1, -0.05) is 18.2 Å². The van der Waals surface area contributed by atoms with Crippen LogP contribution in [0.4, 0.5) is 0 Å². The van der Waals surface area contributed by atoms with Crippen molar-refractivity contribution in [1.82, 2.24) is 9.55 Å². The molecule has 0 radical (unpaired) electrons. The number of fused-ring (bicyclic) bond motifs is 1. The van der Waals surface area contributed by atoms with Crippen molar-refractivity contribution in [3.05, 3.63) is 53.4 Å². The predicted octanol–water partition coefficient (Wildman–Crippen LogP) is 3.09. The highest BCUT2D eigenvalue weighted by Gasteiger charge is 2.27. The zero-order chi connectivity index (χ0) is 13.5. The van der Waals surface area contributed by atoms with E-state index in [4.69, 9.17) is 0 Å². The van der Waals surface area contributed by atoms with Gasteiger partial charge in [0.25, 0.3) is 0 Å². The summed E-state index contributed by atoms with van der Waals surface area (Å²) in [4.78, 5) is 5.27. The number of thiophene rings is 1. The quantitative estimate of drug-likeness (QED) is 0.795. The van der Waals surface area contributed by atoms with E-state index in [-0.39, 0.29) is 0 Å². The van der Waals surface area contributed by atoms with Gasteiger partial charge in [-0.15, -0.1) is 11.3 Å². The number of rotatable bonds is 3. The molecule has 4 heteroatoms. The zero-order valence-electron chi connectivity index (χ0n) is 11.0. The Morgan fingerprint density at radius 2 is 2.16 bits per heavy atom. The van der Waals surface area contributed by atoms with Crippen LogP contribution in [0.25, 0.3) is 10.1 Å². The van der Waals surface area contributed by atoms with Gasteiger partial charge in [-0.2, -0.15) is 0 Å². The molecule has 19 heavy (non-hydrogen) atoms. The minimum Gasteiger partial charge on any atom is -0.384 e. The van der Waals surface area contributed by atoms with E-state index in [1.807, 2.05) is 36.9 Å². The molecular formula is C15H16N2OS. The summed E-state index contributed by atoms with van der Waals surface area (Å²) in [6.07, 6.45) is 4.18. The lowest BCUT2D eigenvalue weighted by Gasteiger charge is -2.21. The molecule has 2 aromatic heterocycles. The molecular weight excluding hydrogens is 256 g/mol. The predicted molar refractivity (Wildman–Crippen MR) is 78.3 cm³/mol. The molecule has 0 fully saturated rings. The molecule has 0 aliphatic heterocycles. The van der Waals surface area contributed by atoms with Crippen molar-refractivity contribution >= 4 is 21.4 Å². The fourth-order valence-corrected chi connectivity index (χ4v) is 3.32. The van der Waals surface area contributed by atoms with Crippen LogP contribution in [-0.2, 0) is 19.1 Å². The maximum atomic E-state index is 10.7. The highest BCUT2D eigenvalue weighted by Crippen LogP contribution is 2.34. The molecule has 0 amide bonds. The van der Waals surface area contributed by atoms with Crippen LogP contribution in [-0.4, -0.2) is 14.7 Å². The molecule has 1 N–H and O–H groups in total. The van der Waals surface area contributed by atoms with E-state index in [1.54, 1.807) is 17.5 Å². The van der Waals surface area contributed by atoms with Crippen molar-refractivity contribution in [3.8, 4) is 0 Å². The molecule has 1 unspecified atom stereocenters. The molecule has 0 aliphatic carbocycles. The fraction of sp³-hybridized carbons (Fsp3) is 0.267. The number of hydrogen-bond acceptors (Lipinski definition) is 3. The minimum atomic E-state index is -0.886. The Bertz CT molecular complexity index is 679. The maximum Gasteiger partial charge on any atom is 0.111 e. The number of imidazole rings is 1. The SMILES string of the molecule is Cn1ccnc1CC(C)(O)c1cc2ccccc2s1. The lowest BCUT2D eigenvalue weighted by atomic mass is 9.99. The Kier molecular flexibility index (Phi) is 2.92. The summed E-state index contributed by atoms with van der Waals surface area (Å²) in [7, 11) is 1.95. The average Bonchev–Trinajstić information content (AvgIpc) is 2.96. The van der Waals surface area contributed by atoms with E-state index in [0.29, 0.717) is 6.42 Å². The molecule has 3 nitrogen and oxygen atoms in total. The topological polar surface area (TPSA) is 38.0 Å². The van der Waals surface area contributed by atoms with Crippen LogP contribution in [0, 0.1) is 0 Å². The van der Waals surface area contributed by atoms with Crippen molar-refractivity contribution in [2.75, 3.05) is 0 Å². The third-order valence-corrected chi connectivity index (χ3v) is 4.75. The monoisotopic (exact) mass is 272 g/mol. The molecule has 0 aliphatic rings. The second-order valence-electron chi connectivity index (χ2n) is 5.05. The molecule has 1 aromatic carbocycles. The van der Waals surface area contributed by atoms with Gasteiger partial charge in [0.2, 0.25) is 0 Å². The van der Waals surface area contributed by atoms with Crippen LogP contribution in [0.5, 0.6) is 0 Å². The first-order valence-corrected chi connectivity index (χ1v) is 7.05. The van der Waals surface area contributed by atoms with Gasteiger partial charge in [0.05, 0.1) is 0 Å². The third kappa shape index (κ3) is 2.29. The summed E-state index contributed by atoms with van der Waals surface area (Å²) in [5.74, 6) is 0.891. The van der Waals surface area contributed by atoms with Crippen molar-refractivity contribution < 1.29 is 5.11 Å². The van der Waals surface area contributed by atoms with Gasteiger partial charge in [0.1, 0.15) is 11.4 Å². The zero-order valence-corrected chi connectivity index (χ0v) is 11.8. The number of nitrogens with zero attached hydrogens (tertiary/aromatic N) is 2. The second kappa shape index (κ2) is 4.47. The van der Waals surface area contributed by atoms with Crippen LogP contribution in [0.2, 0.25) is 0 Å². The number of benzene rings is 1. The smallest absolute Gasteiger partial charge is 0.111 e. The standard InChI is InChI=1S/C15H16N2OS/c1-15(18,10-14-16-7-8-17(14)2)13-9-11-5-3-4-6-12(11)19-13/h3-9,18H,10H2,1-2H3. The van der Waals surface area contributed by atoms with Gasteiger partial charge >= 0.3 is 0 Å². The van der Waals surface area contributed by atoms with Crippen LogP contribution in [0.1, 0.15) is 17.6 Å². The molecule has 98 valence electrons. The number of aliphatic hydroxyl groups is 1. The molecule has 0 saturated carbocycles. The normalized spacial score (nSPS) is 14.7. The van der Waals surface area contributed by atoms with Crippen LogP contribution in [0.15, 0.2) is 42.7 Å². The van der Waals surface area contributed by atoms with Gasteiger partial charge in [-0.25, -0.2) is 4.98 Å². The Hall–Kier alpha value is -1.65. The Balaban J connectivity index is 1.97. The Morgan fingerprint density at radius 1 is 1.37 bits per heavy atom. The van der Waals surface area contributed by atoms with E-state index < -0.39 is 5.60 Å². The van der Waals surface area contributed by atoms with E-state index in [1.165, 1.54) is 10.1 Å². The van der Waals surface area contributed by atoms with E-state index in [2.05, 4.69) is 23.2 Å². The maximum absolute atomic E-state index is 10.7. The summed E-state index contributed by atoms with van der Waals surface area (Å²) in [5.41, 5.74) is -0.886. The van der Waals surface area contributed by atoms with Crippen molar-refractivity contribution in [2.24, 2.45) is 7.05 Å². The minimum absolute atomic E-state index is 0.517. The first-order chi connectivity index (χ1) is 9.06. The highest BCUT2D eigenvalue weighted by molar-refractivity contribution is 7.19. The Morgan fingerprint density at radius 3 is 2.84 bits per heavy atom. The summed E-state index contributed by atoms with van der Waals surface area (Å²) in [6, 6.07) is 10.3. The average molecular weight is 272 g/mol. The van der Waals surface area contributed by atoms with Crippen molar-refractivity contribution in [1.29, 1.82) is 0 Å². The van der Waals surface area contributed by atoms with Gasteiger partial charge in [0.15, 0.2) is 0 Å². The summed E-state index contributed by atoms with van der Waals surface area (Å²) in [5, 5.41) is 11.9. The fourth-order valence-electron chi connectivity index (χ4n) is 2.21. The van der Waals surface area contributed by atoms with E-state index in [9.17, 15) is 5.11 Å². The van der Waals surface area contributed by atoms with Crippen LogP contribution < -0.4 is 0 Å². The van der Waals surface area contributed by atoms with Gasteiger partial charge in [0, 0.05) is 35.4 Å². The Labute approximate surface area is 116 Å². The first kappa shape index (κ1) is 12.4. The largest absolute Gasteiger partial charge is 0.384 e. The van der Waals surface area contributed by atoms with Gasteiger partial charge in [-0.05, 0) is 24.4 Å². The number of hydrogen-bond donors (Lipinski definition) is 1. The van der Waals surface area contributed by atoms with Crippen LogP contribution >= 0.6 is 11.3 Å². The van der Waals surface area contributed by atoms with Gasteiger partial charge < -0.3 is 9.67 Å². The molecule has 0 saturated heterocycles. The molecule has 3 aromatic rings. The second-order valence-corrected chi connectivity index (χ2v) is 6.14. The number of aryl methyl sites for hydroxylation is 1. The van der Waals surface area contributed by atoms with Crippen LogP contribution in [0.3, 0.4) is 0 Å². The van der Waals surface area contributed by atoms with Crippen molar-refractivity contribution in [3.63, 3.8) is 0 Å². The van der Waals surface area contributed by atoms with E-state index >= 15 is 0 Å². The highest BCUT2D eigenvalue weighted by atomic mass is 32.1. The molecule has 0 bridgehead atoms. The molecule has 2 heterocycles. The molecule has 1 atom stereocenters. The lowest BCUT2D eigenvalue weighted by molar-refractivity contribution is 0.0587. The number of aromatic nitrogens is 2. The third-order valence-electron chi connectivity index (χ3n) is 3.38. The summed E-state index contributed by atoms with van der Waals surface area (Å²) < 4.78 is 3.15. The molecule has 3 rings (SSSR count). The van der Waals surface area contributed by atoms with Gasteiger partial charge in [-0.3, -0.25) is 0 Å². The van der Waals surface area contributed by atoms with E-state index in [0.717, 1.165) is 10.7 Å².